The minimum Gasteiger partial charge on any atom is -0.456 e. The van der Waals surface area contributed by atoms with E-state index in [1.807, 2.05) is 48.1 Å². The van der Waals surface area contributed by atoms with Crippen LogP contribution in [0.4, 0.5) is 0 Å². The monoisotopic (exact) mass is 473 g/mol. The average Bonchev–Trinajstić information content (AvgIpc) is 3.37. The molecule has 10 heteroatoms. The molecule has 32 heavy (non-hydrogen) atoms. The van der Waals surface area contributed by atoms with Crippen molar-refractivity contribution in [2.45, 2.75) is 32.9 Å². The first kappa shape index (κ1) is 22.4. The van der Waals surface area contributed by atoms with E-state index in [-0.39, 0.29) is 18.7 Å². The number of hydrogen-bond donors (Lipinski definition) is 0. The van der Waals surface area contributed by atoms with Gasteiger partial charge in [0.25, 0.3) is 0 Å². The maximum absolute atomic E-state index is 12.9. The minimum atomic E-state index is -3.65. The number of aromatic nitrogens is 2. The molecule has 1 atom stereocenters. The number of thiazole rings is 1. The molecule has 0 aliphatic carbocycles. The molecule has 3 heterocycles. The van der Waals surface area contributed by atoms with Crippen LogP contribution in [-0.2, 0) is 32.5 Å². The number of benzene rings is 1. The first-order valence-electron chi connectivity index (χ1n) is 9.99. The van der Waals surface area contributed by atoms with Gasteiger partial charge in [-0.1, -0.05) is 24.3 Å². The molecule has 0 saturated heterocycles. The molecule has 1 aliphatic rings. The van der Waals surface area contributed by atoms with Crippen LogP contribution in [0.25, 0.3) is 5.13 Å². The lowest BCUT2D eigenvalue weighted by Gasteiger charge is -2.33. The molecule has 8 nitrogen and oxygen atoms in total. The highest BCUT2D eigenvalue weighted by Crippen LogP contribution is 2.27. The fourth-order valence-corrected chi connectivity index (χ4v) is 5.77. The van der Waals surface area contributed by atoms with E-state index in [1.54, 1.807) is 12.3 Å². The van der Waals surface area contributed by atoms with Crippen LogP contribution in [0.5, 0.6) is 0 Å². The fourth-order valence-electron chi connectivity index (χ4n) is 4.02. The molecule has 4 rings (SSSR count). The molecule has 1 aliphatic heterocycles. The van der Waals surface area contributed by atoms with E-state index in [1.165, 1.54) is 11.3 Å². The summed E-state index contributed by atoms with van der Waals surface area (Å²) in [5.41, 5.74) is 3.75. The Morgan fingerprint density at radius 3 is 2.59 bits per heavy atom. The van der Waals surface area contributed by atoms with Crippen LogP contribution >= 0.6 is 11.3 Å². The Morgan fingerprint density at radius 1 is 1.22 bits per heavy atom. The number of carbonyl (C=O) groups excluding carboxylic acids is 2. The number of aryl methyl sites for hydroxylation is 1. The van der Waals surface area contributed by atoms with Gasteiger partial charge in [-0.2, -0.15) is 4.31 Å². The Kier molecular flexibility index (Phi) is 6.02. The summed E-state index contributed by atoms with van der Waals surface area (Å²) < 4.78 is 33.0. The molecule has 2 aromatic heterocycles. The van der Waals surface area contributed by atoms with Gasteiger partial charge in [0.15, 0.2) is 11.7 Å². The second kappa shape index (κ2) is 8.61. The third-order valence-corrected chi connectivity index (χ3v) is 7.58. The lowest BCUT2D eigenvalue weighted by atomic mass is 9.96. The van der Waals surface area contributed by atoms with E-state index in [0.29, 0.717) is 11.3 Å². The van der Waals surface area contributed by atoms with Gasteiger partial charge >= 0.3 is 5.97 Å². The van der Waals surface area contributed by atoms with Crippen molar-refractivity contribution in [3.63, 3.8) is 0 Å². The number of ketones is 1. The minimum absolute atomic E-state index is 0.0949. The lowest BCUT2D eigenvalue weighted by molar-refractivity contribution is -0.147. The molecule has 3 aromatic rings. The van der Waals surface area contributed by atoms with Gasteiger partial charge < -0.3 is 4.74 Å². The van der Waals surface area contributed by atoms with Crippen LogP contribution in [0.1, 0.15) is 32.9 Å². The molecule has 1 aromatic carbocycles. The highest BCUT2D eigenvalue weighted by molar-refractivity contribution is 7.88. The van der Waals surface area contributed by atoms with E-state index in [9.17, 15) is 18.0 Å². The van der Waals surface area contributed by atoms with Crippen LogP contribution < -0.4 is 0 Å². The molecule has 0 saturated carbocycles. The molecular formula is C22H23N3O5S2. The lowest BCUT2D eigenvalue weighted by Crippen LogP contribution is -2.49. The van der Waals surface area contributed by atoms with Gasteiger partial charge in [-0.25, -0.2) is 13.4 Å². The third-order valence-electron chi connectivity index (χ3n) is 5.59. The predicted molar refractivity (Wildman–Crippen MR) is 121 cm³/mol. The SMILES string of the molecule is Cc1cc(C(=O)COC(=O)[C@@H]2Cc3ccccc3CN2S(C)(=O)=O)c(C)n1-c1nccs1. The van der Waals surface area contributed by atoms with Crippen LogP contribution in [0, 0.1) is 13.8 Å². The van der Waals surface area contributed by atoms with Crippen molar-refractivity contribution in [1.82, 2.24) is 13.9 Å². The van der Waals surface area contributed by atoms with E-state index in [4.69, 9.17) is 4.74 Å². The van der Waals surface area contributed by atoms with E-state index < -0.39 is 28.6 Å². The molecular weight excluding hydrogens is 450 g/mol. The molecule has 0 amide bonds. The Balaban J connectivity index is 1.51. The zero-order valence-corrected chi connectivity index (χ0v) is 19.6. The molecule has 0 bridgehead atoms. The number of Topliss-reactive ketones (excluding diaryl/α,β-unsaturated/α-hetero) is 1. The van der Waals surface area contributed by atoms with Gasteiger partial charge in [-0.15, -0.1) is 11.3 Å². The van der Waals surface area contributed by atoms with E-state index in [0.717, 1.165) is 32.5 Å². The number of nitrogens with zero attached hydrogens (tertiary/aromatic N) is 3. The second-order valence-corrected chi connectivity index (χ2v) is 10.6. The van der Waals surface area contributed by atoms with Crippen LogP contribution in [0.15, 0.2) is 41.9 Å². The number of hydrogen-bond acceptors (Lipinski definition) is 7. The smallest absolute Gasteiger partial charge is 0.325 e. The number of rotatable bonds is 6. The quantitative estimate of drug-likeness (QED) is 0.403. The van der Waals surface area contributed by atoms with E-state index >= 15 is 0 Å². The number of carbonyl (C=O) groups is 2. The summed E-state index contributed by atoms with van der Waals surface area (Å²) in [5, 5.41) is 2.61. The average molecular weight is 474 g/mol. The highest BCUT2D eigenvalue weighted by Gasteiger charge is 2.38. The van der Waals surface area contributed by atoms with Crippen molar-refractivity contribution < 1.29 is 22.7 Å². The maximum Gasteiger partial charge on any atom is 0.325 e. The summed E-state index contributed by atoms with van der Waals surface area (Å²) >= 11 is 1.46. The molecule has 0 unspecified atom stereocenters. The first-order valence-corrected chi connectivity index (χ1v) is 12.7. The number of fused-ring (bicyclic) bond motifs is 1. The van der Waals surface area contributed by atoms with Crippen molar-refractivity contribution in [3.05, 3.63) is 70.0 Å². The zero-order chi connectivity index (χ0) is 23.0. The molecule has 0 radical (unpaired) electrons. The van der Waals surface area contributed by atoms with Crippen molar-refractivity contribution in [2.75, 3.05) is 12.9 Å². The topological polar surface area (TPSA) is 98.6 Å². The Morgan fingerprint density at radius 2 is 1.94 bits per heavy atom. The molecule has 0 N–H and O–H groups in total. The van der Waals surface area contributed by atoms with Crippen molar-refractivity contribution in [3.8, 4) is 5.13 Å². The summed E-state index contributed by atoms with van der Waals surface area (Å²) in [7, 11) is -3.65. The highest BCUT2D eigenvalue weighted by atomic mass is 32.2. The van der Waals surface area contributed by atoms with Crippen LogP contribution in [0.3, 0.4) is 0 Å². The third kappa shape index (κ3) is 4.25. The van der Waals surface area contributed by atoms with Gasteiger partial charge in [0.05, 0.1) is 6.26 Å². The number of sulfonamides is 1. The van der Waals surface area contributed by atoms with Gasteiger partial charge in [-0.05, 0) is 31.0 Å². The molecule has 0 fully saturated rings. The maximum atomic E-state index is 12.9. The fraction of sp³-hybridized carbons (Fsp3) is 0.318. The standard InChI is InChI=1S/C22H23N3O5S2/c1-14-10-18(15(2)25(14)22-23-8-9-31-22)20(26)13-30-21(27)19-11-16-6-4-5-7-17(16)12-24(19)32(3,28)29/h4-10,19H,11-13H2,1-3H3/t19-/m0/s1. The first-order chi connectivity index (χ1) is 15.2. The Hall–Kier alpha value is -2.82. The Bertz CT molecular complexity index is 1280. The second-order valence-electron chi connectivity index (χ2n) is 7.76. The van der Waals surface area contributed by atoms with Crippen molar-refractivity contribution in [1.29, 1.82) is 0 Å². The van der Waals surface area contributed by atoms with Gasteiger partial charge in [0.1, 0.15) is 6.04 Å². The van der Waals surface area contributed by atoms with E-state index in [2.05, 4.69) is 4.98 Å². The normalized spacial score (nSPS) is 16.5. The van der Waals surface area contributed by atoms with Gasteiger partial charge in [-0.3, -0.25) is 14.2 Å². The predicted octanol–water partition coefficient (Wildman–Crippen LogP) is 2.66. The molecule has 0 spiro atoms. The van der Waals surface area contributed by atoms with Crippen molar-refractivity contribution >= 4 is 33.1 Å². The van der Waals surface area contributed by atoms with Gasteiger partial charge in [0.2, 0.25) is 15.8 Å². The van der Waals surface area contributed by atoms with Crippen LogP contribution in [0.2, 0.25) is 0 Å². The van der Waals surface area contributed by atoms with Crippen LogP contribution in [-0.4, -0.2) is 52.9 Å². The number of esters is 1. The zero-order valence-electron chi connectivity index (χ0n) is 17.9. The summed E-state index contributed by atoms with van der Waals surface area (Å²) in [4.78, 5) is 30.0. The number of ether oxygens (including phenoxy) is 1. The Labute approximate surface area is 190 Å². The van der Waals surface area contributed by atoms with Gasteiger partial charge in [0, 0.05) is 41.5 Å². The molecule has 168 valence electrons. The summed E-state index contributed by atoms with van der Waals surface area (Å²) in [6.45, 7) is 3.32. The summed E-state index contributed by atoms with van der Waals surface area (Å²) in [6.07, 6.45) is 2.96. The largest absolute Gasteiger partial charge is 0.456 e. The summed E-state index contributed by atoms with van der Waals surface area (Å²) in [6, 6.07) is 8.13. The van der Waals surface area contributed by atoms with Crippen molar-refractivity contribution in [2.24, 2.45) is 0 Å². The summed E-state index contributed by atoms with van der Waals surface area (Å²) in [5.74, 6) is -1.08.